The number of benzene rings is 1. The number of nitrogens with one attached hydrogen (secondary N) is 1. The second-order valence-electron chi connectivity index (χ2n) is 6.45. The first-order valence-electron chi connectivity index (χ1n) is 8.64. The highest BCUT2D eigenvalue weighted by molar-refractivity contribution is 6.05. The standard InChI is InChI=1S/C20H21NO6/c1-10-17(12(3)22)11(2)21-18(10)19(23)13(4)27-20(24)14-5-6-15-16(9-14)26-8-7-25-15/h5-6,9,13,21H,7-8H2,1-4H3/t13-/m0/s1. The third-order valence-corrected chi connectivity index (χ3v) is 4.47. The molecule has 0 fully saturated rings. The molecule has 1 aliphatic heterocycles. The number of ether oxygens (including phenoxy) is 3. The van der Waals surface area contributed by atoms with Crippen LogP contribution in [-0.2, 0) is 4.74 Å². The molecule has 27 heavy (non-hydrogen) atoms. The maximum atomic E-state index is 12.7. The highest BCUT2D eigenvalue weighted by Crippen LogP contribution is 2.31. The van der Waals surface area contributed by atoms with Gasteiger partial charge in [0, 0.05) is 11.3 Å². The Hall–Kier alpha value is -3.09. The summed E-state index contributed by atoms with van der Waals surface area (Å²) in [6.45, 7) is 7.24. The Balaban J connectivity index is 1.76. The number of carbonyl (C=O) groups is 3. The van der Waals surface area contributed by atoms with Gasteiger partial charge < -0.3 is 19.2 Å². The van der Waals surface area contributed by atoms with Gasteiger partial charge in [-0.05, 0) is 51.5 Å². The number of carbonyl (C=O) groups excluding carboxylic acids is 3. The van der Waals surface area contributed by atoms with Crippen LogP contribution >= 0.6 is 0 Å². The summed E-state index contributed by atoms with van der Waals surface area (Å²) in [4.78, 5) is 39.8. The molecule has 1 aliphatic rings. The van der Waals surface area contributed by atoms with Crippen molar-refractivity contribution in [3.63, 3.8) is 0 Å². The number of aromatic amines is 1. The van der Waals surface area contributed by atoms with E-state index < -0.39 is 17.9 Å². The van der Waals surface area contributed by atoms with Crippen molar-refractivity contribution in [3.8, 4) is 11.5 Å². The molecule has 0 aliphatic carbocycles. The second-order valence-corrected chi connectivity index (χ2v) is 6.45. The van der Waals surface area contributed by atoms with Gasteiger partial charge in [0.25, 0.3) is 0 Å². The fraction of sp³-hybridized carbons (Fsp3) is 0.350. The summed E-state index contributed by atoms with van der Waals surface area (Å²) in [7, 11) is 0. The zero-order valence-corrected chi connectivity index (χ0v) is 15.7. The van der Waals surface area contributed by atoms with E-state index in [1.807, 2.05) is 0 Å². The predicted octanol–water partition coefficient (Wildman–Crippen LogP) is 3.03. The van der Waals surface area contributed by atoms with Crippen LogP contribution in [0.4, 0.5) is 0 Å². The maximum Gasteiger partial charge on any atom is 0.338 e. The first-order valence-corrected chi connectivity index (χ1v) is 8.64. The molecule has 0 spiro atoms. The summed E-state index contributed by atoms with van der Waals surface area (Å²) in [5.41, 5.74) is 2.22. The van der Waals surface area contributed by atoms with Gasteiger partial charge in [0.15, 0.2) is 23.4 Å². The van der Waals surface area contributed by atoms with E-state index in [0.29, 0.717) is 41.5 Å². The minimum Gasteiger partial charge on any atom is -0.486 e. The van der Waals surface area contributed by atoms with Crippen LogP contribution in [0.5, 0.6) is 11.5 Å². The third-order valence-electron chi connectivity index (χ3n) is 4.47. The smallest absolute Gasteiger partial charge is 0.338 e. The van der Waals surface area contributed by atoms with Crippen molar-refractivity contribution in [1.29, 1.82) is 0 Å². The lowest BCUT2D eigenvalue weighted by Gasteiger charge is -2.19. The molecule has 2 heterocycles. The van der Waals surface area contributed by atoms with Gasteiger partial charge in [0.1, 0.15) is 13.2 Å². The molecule has 0 saturated carbocycles. The van der Waals surface area contributed by atoms with Crippen molar-refractivity contribution < 1.29 is 28.6 Å². The minimum atomic E-state index is -1.01. The summed E-state index contributed by atoms with van der Waals surface area (Å²) in [6, 6.07) is 4.73. The van der Waals surface area contributed by atoms with Crippen molar-refractivity contribution in [1.82, 2.24) is 4.98 Å². The van der Waals surface area contributed by atoms with Crippen LogP contribution in [0.3, 0.4) is 0 Å². The average Bonchev–Trinajstić information content (AvgIpc) is 2.94. The molecule has 1 atom stereocenters. The Morgan fingerprint density at radius 2 is 1.78 bits per heavy atom. The molecule has 7 heteroatoms. The maximum absolute atomic E-state index is 12.7. The lowest BCUT2D eigenvalue weighted by Crippen LogP contribution is -2.25. The molecule has 142 valence electrons. The van der Waals surface area contributed by atoms with Crippen LogP contribution in [0.2, 0.25) is 0 Å². The zero-order valence-electron chi connectivity index (χ0n) is 15.7. The van der Waals surface area contributed by atoms with Crippen molar-refractivity contribution in [2.24, 2.45) is 0 Å². The number of aromatic nitrogens is 1. The van der Waals surface area contributed by atoms with Gasteiger partial charge in [-0.15, -0.1) is 0 Å². The van der Waals surface area contributed by atoms with Crippen molar-refractivity contribution >= 4 is 17.5 Å². The van der Waals surface area contributed by atoms with Crippen LogP contribution < -0.4 is 9.47 Å². The number of ketones is 2. The highest BCUT2D eigenvalue weighted by atomic mass is 16.6. The monoisotopic (exact) mass is 371 g/mol. The molecular formula is C20H21NO6. The highest BCUT2D eigenvalue weighted by Gasteiger charge is 2.26. The van der Waals surface area contributed by atoms with E-state index in [9.17, 15) is 14.4 Å². The van der Waals surface area contributed by atoms with Crippen molar-refractivity contribution in [2.45, 2.75) is 33.8 Å². The summed E-state index contributed by atoms with van der Waals surface area (Å²) in [6.07, 6.45) is -1.01. The molecule has 1 N–H and O–H groups in total. The van der Waals surface area contributed by atoms with Gasteiger partial charge in [-0.2, -0.15) is 0 Å². The molecule has 1 aromatic heterocycles. The minimum absolute atomic E-state index is 0.124. The topological polar surface area (TPSA) is 94.7 Å². The zero-order chi connectivity index (χ0) is 19.7. The molecular weight excluding hydrogens is 350 g/mol. The van der Waals surface area contributed by atoms with E-state index in [0.717, 1.165) is 0 Å². The van der Waals surface area contributed by atoms with E-state index in [1.54, 1.807) is 26.0 Å². The van der Waals surface area contributed by atoms with Crippen LogP contribution in [0.1, 0.15) is 56.3 Å². The number of H-pyrrole nitrogens is 1. The lowest BCUT2D eigenvalue weighted by atomic mass is 10.0. The normalized spacial score (nSPS) is 13.8. The number of aryl methyl sites for hydroxylation is 1. The number of esters is 1. The van der Waals surface area contributed by atoms with E-state index in [4.69, 9.17) is 14.2 Å². The number of hydrogen-bond acceptors (Lipinski definition) is 6. The van der Waals surface area contributed by atoms with Crippen molar-refractivity contribution in [3.05, 3.63) is 46.3 Å². The molecule has 2 aromatic rings. The largest absolute Gasteiger partial charge is 0.486 e. The number of Topliss-reactive ketones (excluding diaryl/α,β-unsaturated/α-hetero) is 2. The fourth-order valence-corrected chi connectivity index (χ4v) is 3.18. The molecule has 0 bridgehead atoms. The number of fused-ring (bicyclic) bond motifs is 1. The molecule has 0 radical (unpaired) electrons. The van der Waals surface area contributed by atoms with Crippen LogP contribution in [-0.4, -0.2) is 41.8 Å². The fourth-order valence-electron chi connectivity index (χ4n) is 3.18. The molecule has 0 unspecified atom stereocenters. The molecule has 0 saturated heterocycles. The Kier molecular flexibility index (Phi) is 5.03. The summed E-state index contributed by atoms with van der Waals surface area (Å²) >= 11 is 0. The quantitative estimate of drug-likeness (QED) is 0.641. The second kappa shape index (κ2) is 7.26. The third kappa shape index (κ3) is 3.58. The van der Waals surface area contributed by atoms with Gasteiger partial charge in [-0.25, -0.2) is 4.79 Å². The van der Waals surface area contributed by atoms with Gasteiger partial charge in [0.2, 0.25) is 5.78 Å². The van der Waals surface area contributed by atoms with Crippen LogP contribution in [0, 0.1) is 13.8 Å². The van der Waals surface area contributed by atoms with Gasteiger partial charge >= 0.3 is 5.97 Å². The first-order chi connectivity index (χ1) is 12.8. The lowest BCUT2D eigenvalue weighted by molar-refractivity contribution is 0.0316. The van der Waals surface area contributed by atoms with Crippen molar-refractivity contribution in [2.75, 3.05) is 13.2 Å². The predicted molar refractivity (Wildman–Crippen MR) is 96.9 cm³/mol. The Bertz CT molecular complexity index is 927. The van der Waals surface area contributed by atoms with Gasteiger partial charge in [-0.1, -0.05) is 0 Å². The van der Waals surface area contributed by atoms with Crippen LogP contribution in [0.25, 0.3) is 0 Å². The molecule has 0 amide bonds. The Labute approximate surface area is 156 Å². The summed E-state index contributed by atoms with van der Waals surface area (Å²) < 4.78 is 16.2. The Morgan fingerprint density at radius 1 is 1.11 bits per heavy atom. The van der Waals surface area contributed by atoms with E-state index in [1.165, 1.54) is 19.9 Å². The average molecular weight is 371 g/mol. The van der Waals surface area contributed by atoms with E-state index in [-0.39, 0.29) is 17.0 Å². The summed E-state index contributed by atoms with van der Waals surface area (Å²) in [5, 5.41) is 0. The molecule has 7 nitrogen and oxygen atoms in total. The molecule has 1 aromatic carbocycles. The van der Waals surface area contributed by atoms with Crippen LogP contribution in [0.15, 0.2) is 18.2 Å². The van der Waals surface area contributed by atoms with E-state index >= 15 is 0 Å². The number of rotatable bonds is 5. The Morgan fingerprint density at radius 3 is 2.41 bits per heavy atom. The molecule has 3 rings (SSSR count). The SMILES string of the molecule is CC(=O)c1c(C)[nH]c(C(=O)[C@H](C)OC(=O)c2ccc3c(c2)OCCO3)c1C. The number of hydrogen-bond donors (Lipinski definition) is 1. The van der Waals surface area contributed by atoms with Gasteiger partial charge in [-0.3, -0.25) is 9.59 Å². The summed E-state index contributed by atoms with van der Waals surface area (Å²) in [5.74, 6) is -0.122. The van der Waals surface area contributed by atoms with Gasteiger partial charge in [0.05, 0.1) is 11.3 Å². The van der Waals surface area contributed by atoms with E-state index in [2.05, 4.69) is 4.98 Å². The first kappa shape index (κ1) is 18.7.